The van der Waals surface area contributed by atoms with Gasteiger partial charge in [-0.25, -0.2) is 0 Å². The van der Waals surface area contributed by atoms with Crippen LogP contribution in [0.4, 0.5) is 0 Å². The number of hydrogen-bond donors (Lipinski definition) is 0. The Balaban J connectivity index is 2.19. The Labute approximate surface area is 92.6 Å². The van der Waals surface area contributed by atoms with E-state index in [4.69, 9.17) is 9.47 Å². The summed E-state index contributed by atoms with van der Waals surface area (Å²) in [6, 6.07) is 0. The van der Waals surface area contributed by atoms with Crippen LogP contribution in [0.5, 0.6) is 0 Å². The molecule has 2 heteroatoms. The molecule has 0 aromatic rings. The van der Waals surface area contributed by atoms with Crippen LogP contribution in [0.15, 0.2) is 12.7 Å². The molecule has 0 saturated carbocycles. The van der Waals surface area contributed by atoms with Gasteiger partial charge >= 0.3 is 0 Å². The van der Waals surface area contributed by atoms with E-state index < -0.39 is 0 Å². The van der Waals surface area contributed by atoms with Gasteiger partial charge in [-0.05, 0) is 13.3 Å². The van der Waals surface area contributed by atoms with Crippen LogP contribution in [0.1, 0.15) is 33.1 Å². The summed E-state index contributed by atoms with van der Waals surface area (Å²) in [6.45, 7) is 8.98. The minimum atomic E-state index is -0.255. The van der Waals surface area contributed by atoms with Crippen molar-refractivity contribution >= 4 is 0 Å². The van der Waals surface area contributed by atoms with Gasteiger partial charge in [-0.3, -0.25) is 0 Å². The molecule has 1 aliphatic heterocycles. The van der Waals surface area contributed by atoms with E-state index in [0.717, 1.165) is 6.42 Å². The molecule has 2 nitrogen and oxygen atoms in total. The first kappa shape index (κ1) is 12.3. The van der Waals surface area contributed by atoms with Crippen molar-refractivity contribution < 1.29 is 9.47 Å². The summed E-state index contributed by atoms with van der Waals surface area (Å²) in [5.74, 6) is 6.33. The minimum absolute atomic E-state index is 0.145. The highest BCUT2D eigenvalue weighted by molar-refractivity contribution is 5.23. The maximum absolute atomic E-state index is 5.50. The summed E-state index contributed by atoms with van der Waals surface area (Å²) in [5, 5.41) is 0. The summed E-state index contributed by atoms with van der Waals surface area (Å²) in [5.41, 5.74) is -0.255. The van der Waals surface area contributed by atoms with E-state index in [9.17, 15) is 0 Å². The first-order valence-corrected chi connectivity index (χ1v) is 5.59. The molecule has 0 aromatic carbocycles. The number of epoxide rings is 1. The van der Waals surface area contributed by atoms with Crippen molar-refractivity contribution in [2.75, 3.05) is 13.2 Å². The molecule has 1 rings (SSSR count). The second-order valence-electron chi connectivity index (χ2n) is 3.95. The molecule has 0 aliphatic carbocycles. The van der Waals surface area contributed by atoms with E-state index >= 15 is 0 Å². The van der Waals surface area contributed by atoms with Crippen molar-refractivity contribution in [2.45, 2.75) is 44.8 Å². The number of unbranched alkanes of at least 4 members (excludes halogenated alkanes) is 2. The highest BCUT2D eigenvalue weighted by Gasteiger charge is 2.51. The lowest BCUT2D eigenvalue weighted by Gasteiger charge is -1.97. The molecule has 1 saturated heterocycles. The second kappa shape index (κ2) is 5.95. The minimum Gasteiger partial charge on any atom is -0.375 e. The zero-order chi connectivity index (χ0) is 11.1. The molecule has 0 radical (unpaired) electrons. The molecule has 0 bridgehead atoms. The molecular weight excluding hydrogens is 188 g/mol. The van der Waals surface area contributed by atoms with Crippen molar-refractivity contribution in [3.05, 3.63) is 12.7 Å². The molecule has 15 heavy (non-hydrogen) atoms. The Bertz CT molecular complexity index is 261. The fourth-order valence-corrected chi connectivity index (χ4v) is 1.33. The highest BCUT2D eigenvalue weighted by Crippen LogP contribution is 2.35. The molecule has 84 valence electrons. The predicted octanol–water partition coefficient (Wildman–Crippen LogP) is 2.54. The van der Waals surface area contributed by atoms with Crippen LogP contribution < -0.4 is 0 Å². The lowest BCUT2D eigenvalue weighted by atomic mass is 10.1. The molecule has 0 aromatic heterocycles. The highest BCUT2D eigenvalue weighted by atomic mass is 16.6. The normalized spacial score (nSPS) is 28.0. The third kappa shape index (κ3) is 4.07. The Kier molecular flexibility index (Phi) is 4.87. The molecule has 2 atom stereocenters. The van der Waals surface area contributed by atoms with Gasteiger partial charge in [0.05, 0.1) is 13.2 Å². The monoisotopic (exact) mass is 208 g/mol. The first-order valence-electron chi connectivity index (χ1n) is 5.59. The van der Waals surface area contributed by atoms with Crippen molar-refractivity contribution in [1.82, 2.24) is 0 Å². The van der Waals surface area contributed by atoms with E-state index in [0.29, 0.717) is 13.2 Å². The van der Waals surface area contributed by atoms with Crippen molar-refractivity contribution in [3.8, 4) is 11.8 Å². The van der Waals surface area contributed by atoms with Crippen LogP contribution in [0.2, 0.25) is 0 Å². The Morgan fingerprint density at radius 3 is 3.07 bits per heavy atom. The summed E-state index contributed by atoms with van der Waals surface area (Å²) < 4.78 is 10.8. The third-order valence-electron chi connectivity index (χ3n) is 2.44. The van der Waals surface area contributed by atoms with Gasteiger partial charge in [0.15, 0.2) is 5.60 Å². The predicted molar refractivity (Wildman–Crippen MR) is 61.6 cm³/mol. The average molecular weight is 208 g/mol. The van der Waals surface area contributed by atoms with Crippen LogP contribution >= 0.6 is 0 Å². The summed E-state index contributed by atoms with van der Waals surface area (Å²) in [4.78, 5) is 0. The maximum atomic E-state index is 5.50. The van der Waals surface area contributed by atoms with Crippen molar-refractivity contribution in [2.24, 2.45) is 0 Å². The fraction of sp³-hybridized carbons (Fsp3) is 0.692. The van der Waals surface area contributed by atoms with Crippen LogP contribution in [0.25, 0.3) is 0 Å². The lowest BCUT2D eigenvalue weighted by Crippen LogP contribution is -2.12. The van der Waals surface area contributed by atoms with Gasteiger partial charge in [-0.1, -0.05) is 25.3 Å². The van der Waals surface area contributed by atoms with Gasteiger partial charge in [0.2, 0.25) is 0 Å². The van der Waals surface area contributed by atoms with Gasteiger partial charge in [-0.2, -0.15) is 0 Å². The molecule has 0 spiro atoms. The fourth-order valence-electron chi connectivity index (χ4n) is 1.33. The quantitative estimate of drug-likeness (QED) is 0.289. The number of ether oxygens (including phenoxy) is 2. The van der Waals surface area contributed by atoms with Gasteiger partial charge in [0, 0.05) is 6.42 Å². The molecule has 0 unspecified atom stereocenters. The Morgan fingerprint density at radius 2 is 2.40 bits per heavy atom. The Hall–Kier alpha value is -0.780. The van der Waals surface area contributed by atoms with Gasteiger partial charge in [0.1, 0.15) is 6.10 Å². The van der Waals surface area contributed by atoms with E-state index in [1.54, 1.807) is 6.08 Å². The smallest absolute Gasteiger partial charge is 0.154 e. The summed E-state index contributed by atoms with van der Waals surface area (Å²) in [6.07, 6.45) is 5.22. The van der Waals surface area contributed by atoms with Gasteiger partial charge in [0.25, 0.3) is 0 Å². The maximum Gasteiger partial charge on any atom is 0.154 e. The summed E-state index contributed by atoms with van der Waals surface area (Å²) >= 11 is 0. The zero-order valence-electron chi connectivity index (χ0n) is 9.71. The van der Waals surface area contributed by atoms with E-state index in [2.05, 4.69) is 25.3 Å². The third-order valence-corrected chi connectivity index (χ3v) is 2.44. The topological polar surface area (TPSA) is 21.8 Å². The average Bonchev–Trinajstić information content (AvgIpc) is 2.86. The molecule has 1 heterocycles. The standard InChI is InChI=1S/C13H20O2/c1-4-6-7-8-9-13(3)12(15-13)11-14-10-5-2/h5,12H,2,4,6-7,10-11H2,1,3H3/t12-,13+/m1/s1. The molecule has 0 N–H and O–H groups in total. The van der Waals surface area contributed by atoms with E-state index in [1.165, 1.54) is 12.8 Å². The molecular formula is C13H20O2. The first-order chi connectivity index (χ1) is 7.23. The molecule has 1 aliphatic rings. The second-order valence-corrected chi connectivity index (χ2v) is 3.95. The molecule has 0 amide bonds. The van der Waals surface area contributed by atoms with Crippen LogP contribution in [-0.4, -0.2) is 24.9 Å². The van der Waals surface area contributed by atoms with Crippen molar-refractivity contribution in [3.63, 3.8) is 0 Å². The SMILES string of the molecule is C=CCOC[C@H]1O[C@@]1(C)C#CCCCC. The number of rotatable bonds is 6. The van der Waals surface area contributed by atoms with Crippen LogP contribution in [0.3, 0.4) is 0 Å². The largest absolute Gasteiger partial charge is 0.375 e. The molecule has 1 fully saturated rings. The Morgan fingerprint density at radius 1 is 1.60 bits per heavy atom. The number of hydrogen-bond acceptors (Lipinski definition) is 2. The van der Waals surface area contributed by atoms with E-state index in [1.807, 2.05) is 6.92 Å². The van der Waals surface area contributed by atoms with Crippen molar-refractivity contribution in [1.29, 1.82) is 0 Å². The van der Waals surface area contributed by atoms with Gasteiger partial charge < -0.3 is 9.47 Å². The van der Waals surface area contributed by atoms with Crippen LogP contribution in [0, 0.1) is 11.8 Å². The van der Waals surface area contributed by atoms with Gasteiger partial charge in [-0.15, -0.1) is 12.5 Å². The zero-order valence-corrected chi connectivity index (χ0v) is 9.71. The van der Waals surface area contributed by atoms with Crippen LogP contribution in [-0.2, 0) is 9.47 Å². The summed E-state index contributed by atoms with van der Waals surface area (Å²) in [7, 11) is 0. The lowest BCUT2D eigenvalue weighted by molar-refractivity contribution is 0.141. The van der Waals surface area contributed by atoms with E-state index in [-0.39, 0.29) is 11.7 Å².